The average molecular weight is 465 g/mol. The van der Waals surface area contributed by atoms with Crippen molar-refractivity contribution < 1.29 is 9.53 Å². The van der Waals surface area contributed by atoms with E-state index >= 15 is 0 Å². The zero-order chi connectivity index (χ0) is 23.3. The second-order valence-corrected chi connectivity index (χ2v) is 14.0. The summed E-state index contributed by atoms with van der Waals surface area (Å²) in [5.74, 6) is 4.95. The van der Waals surface area contributed by atoms with Gasteiger partial charge in [-0.25, -0.2) is 0 Å². The molecule has 4 aliphatic carbocycles. The molecular weight excluding hydrogens is 416 g/mol. The van der Waals surface area contributed by atoms with Crippen LogP contribution in [0.4, 0.5) is 0 Å². The Bertz CT molecular complexity index is 691. The van der Waals surface area contributed by atoms with E-state index in [-0.39, 0.29) is 22.4 Å². The van der Waals surface area contributed by atoms with Crippen LogP contribution in [0.2, 0.25) is 0 Å². The van der Waals surface area contributed by atoms with E-state index in [1.54, 1.807) is 0 Å². The van der Waals surface area contributed by atoms with Gasteiger partial charge in [0.2, 0.25) is 0 Å². The van der Waals surface area contributed by atoms with Crippen LogP contribution in [0.5, 0.6) is 0 Å². The Morgan fingerprint density at radius 2 is 1.72 bits per heavy atom. The Morgan fingerprint density at radius 3 is 2.41 bits per heavy atom. The number of hydrogen-bond acceptors (Lipinski definition) is 2. The molecule has 32 heavy (non-hydrogen) atoms. The summed E-state index contributed by atoms with van der Waals surface area (Å²) in [5, 5.41) is 0. The Hall–Kier alpha value is -0.240. The van der Waals surface area contributed by atoms with Crippen LogP contribution >= 0.6 is 11.6 Å². The van der Waals surface area contributed by atoms with Crippen LogP contribution in [-0.2, 0) is 9.53 Å². The van der Waals surface area contributed by atoms with Gasteiger partial charge in [0.15, 0.2) is 0 Å². The van der Waals surface area contributed by atoms with Crippen LogP contribution in [0.25, 0.3) is 0 Å². The lowest BCUT2D eigenvalue weighted by atomic mass is 9.44. The minimum Gasteiger partial charge on any atom is -0.462 e. The Morgan fingerprint density at radius 1 is 0.969 bits per heavy atom. The van der Waals surface area contributed by atoms with E-state index in [1.165, 1.54) is 58.3 Å². The summed E-state index contributed by atoms with van der Waals surface area (Å²) >= 11 is 7.46. The van der Waals surface area contributed by atoms with Crippen molar-refractivity contribution in [3.63, 3.8) is 0 Å². The molecule has 0 spiro atoms. The Labute approximate surface area is 203 Å². The van der Waals surface area contributed by atoms with Gasteiger partial charge >= 0.3 is 5.97 Å². The second-order valence-electron chi connectivity index (χ2n) is 13.3. The summed E-state index contributed by atoms with van der Waals surface area (Å²) < 4.78 is 5.64. The first-order chi connectivity index (χ1) is 15.0. The lowest BCUT2D eigenvalue weighted by Gasteiger charge is -2.64. The normalized spacial score (nSPS) is 46.8. The first-order valence-electron chi connectivity index (χ1n) is 13.9. The maximum absolute atomic E-state index is 11.6. The van der Waals surface area contributed by atoms with Crippen LogP contribution in [0.1, 0.15) is 119 Å². The fourth-order valence-electron chi connectivity index (χ4n) is 9.52. The molecule has 4 aliphatic rings. The first-order valence-corrected chi connectivity index (χ1v) is 14.2. The summed E-state index contributed by atoms with van der Waals surface area (Å²) in [4.78, 5) is 11.4. The molecule has 2 nitrogen and oxygen atoms in total. The maximum Gasteiger partial charge on any atom is 0.302 e. The van der Waals surface area contributed by atoms with Crippen LogP contribution < -0.4 is 0 Å². The quantitative estimate of drug-likeness (QED) is 0.291. The number of fused-ring (bicyclic) bond motifs is 5. The Balaban J connectivity index is 1.47. The van der Waals surface area contributed by atoms with Gasteiger partial charge in [0, 0.05) is 13.3 Å². The highest BCUT2D eigenvalue weighted by atomic mass is 35.5. The van der Waals surface area contributed by atoms with Crippen LogP contribution in [0.3, 0.4) is 0 Å². The predicted octanol–water partition coefficient (Wildman–Crippen LogP) is 8.40. The third kappa shape index (κ3) is 4.18. The molecular formula is C29H49ClO2. The molecule has 184 valence electrons. The summed E-state index contributed by atoms with van der Waals surface area (Å²) in [6.45, 7) is 14.0. The molecule has 0 radical (unpaired) electrons. The third-order valence-electron chi connectivity index (χ3n) is 11.2. The molecule has 0 N–H and O–H groups in total. The van der Waals surface area contributed by atoms with Crippen molar-refractivity contribution in [2.45, 2.75) is 130 Å². The average Bonchev–Trinajstić information content (AvgIpc) is 3.05. The van der Waals surface area contributed by atoms with Gasteiger partial charge in [-0.3, -0.25) is 4.79 Å². The summed E-state index contributed by atoms with van der Waals surface area (Å²) in [6.07, 6.45) is 15.2. The van der Waals surface area contributed by atoms with Crippen molar-refractivity contribution in [1.29, 1.82) is 0 Å². The summed E-state index contributed by atoms with van der Waals surface area (Å²) in [6, 6.07) is 0. The SMILES string of the molecule is CC(=O)O[C@@H]1CC[C@]2(C)[C@@H]3CC[C@@]4(C)[C@@H](CC[C@H]4[C@H](C)CCCC(C)C)[C@H]3CC[C@@]2(Cl)C1. The number of carbonyl (C=O) groups is 1. The van der Waals surface area contributed by atoms with Gasteiger partial charge in [0.1, 0.15) is 6.10 Å². The highest BCUT2D eigenvalue weighted by Gasteiger charge is 2.64. The zero-order valence-electron chi connectivity index (χ0n) is 21.7. The molecule has 4 saturated carbocycles. The van der Waals surface area contributed by atoms with Gasteiger partial charge in [-0.15, -0.1) is 11.6 Å². The molecule has 0 aliphatic heterocycles. The molecule has 0 aromatic rings. The fraction of sp³-hybridized carbons (Fsp3) is 0.966. The first kappa shape index (κ1) is 24.9. The molecule has 0 heterocycles. The third-order valence-corrected chi connectivity index (χ3v) is 12.0. The fourth-order valence-corrected chi connectivity index (χ4v) is 10.0. The molecule has 0 amide bonds. The van der Waals surface area contributed by atoms with Gasteiger partial charge in [0.25, 0.3) is 0 Å². The number of halogens is 1. The van der Waals surface area contributed by atoms with E-state index in [4.69, 9.17) is 16.3 Å². The molecule has 4 rings (SSSR count). The largest absolute Gasteiger partial charge is 0.462 e. The van der Waals surface area contributed by atoms with Crippen LogP contribution in [0, 0.1) is 46.3 Å². The molecule has 3 heteroatoms. The smallest absolute Gasteiger partial charge is 0.302 e. The summed E-state index contributed by atoms with van der Waals surface area (Å²) in [7, 11) is 0. The van der Waals surface area contributed by atoms with Crippen LogP contribution in [0.15, 0.2) is 0 Å². The van der Waals surface area contributed by atoms with Crippen molar-refractivity contribution in [3.05, 3.63) is 0 Å². The number of alkyl halides is 1. The lowest BCUT2D eigenvalue weighted by molar-refractivity contribution is -0.157. The zero-order valence-corrected chi connectivity index (χ0v) is 22.5. The van der Waals surface area contributed by atoms with Crippen molar-refractivity contribution in [1.82, 2.24) is 0 Å². The monoisotopic (exact) mass is 464 g/mol. The molecule has 4 fully saturated rings. The van der Waals surface area contributed by atoms with E-state index in [9.17, 15) is 4.79 Å². The number of esters is 1. The maximum atomic E-state index is 11.6. The number of rotatable bonds is 6. The highest BCUT2D eigenvalue weighted by molar-refractivity contribution is 6.24. The minimum atomic E-state index is -0.192. The molecule has 0 aromatic carbocycles. The standard InChI is InChI=1S/C29H49ClO2/c1-19(2)8-7-9-20(3)24-10-11-25-23-13-17-29(30)18-22(32-21(4)31)12-16-28(29,6)26(23)14-15-27(24,25)5/h19-20,22-26H,7-18H2,1-6H3/t20-,22-,23-,24+,25+,26-,27-,28-,29-/m1/s1. The number of carbonyl (C=O) groups excluding carboxylic acids is 1. The van der Waals surface area contributed by atoms with Gasteiger partial charge in [-0.1, -0.05) is 53.9 Å². The van der Waals surface area contributed by atoms with Crippen molar-refractivity contribution in [2.24, 2.45) is 46.3 Å². The lowest BCUT2D eigenvalue weighted by Crippen LogP contribution is -2.60. The number of ether oxygens (including phenoxy) is 1. The molecule has 0 aromatic heterocycles. The van der Waals surface area contributed by atoms with E-state index < -0.39 is 0 Å². The van der Waals surface area contributed by atoms with Gasteiger partial charge in [-0.2, -0.15) is 0 Å². The van der Waals surface area contributed by atoms with E-state index in [0.29, 0.717) is 5.41 Å². The molecule has 9 atom stereocenters. The van der Waals surface area contributed by atoms with E-state index in [1.807, 2.05) is 0 Å². The predicted molar refractivity (Wildman–Crippen MR) is 134 cm³/mol. The van der Waals surface area contributed by atoms with E-state index in [0.717, 1.165) is 61.2 Å². The second kappa shape index (κ2) is 9.09. The highest BCUT2D eigenvalue weighted by Crippen LogP contribution is 2.70. The van der Waals surface area contributed by atoms with Crippen molar-refractivity contribution >= 4 is 17.6 Å². The Kier molecular flexibility index (Phi) is 7.06. The topological polar surface area (TPSA) is 26.3 Å². The van der Waals surface area contributed by atoms with Crippen molar-refractivity contribution in [3.8, 4) is 0 Å². The molecule has 0 bridgehead atoms. The van der Waals surface area contributed by atoms with Gasteiger partial charge in [-0.05, 0) is 97.7 Å². The van der Waals surface area contributed by atoms with Gasteiger partial charge in [0.05, 0.1) is 4.87 Å². The van der Waals surface area contributed by atoms with Crippen molar-refractivity contribution in [2.75, 3.05) is 0 Å². The molecule has 0 unspecified atom stereocenters. The molecule has 0 saturated heterocycles. The van der Waals surface area contributed by atoms with Crippen LogP contribution in [-0.4, -0.2) is 16.9 Å². The summed E-state index contributed by atoms with van der Waals surface area (Å²) in [5.41, 5.74) is 0.729. The number of hydrogen-bond donors (Lipinski definition) is 0. The van der Waals surface area contributed by atoms with E-state index in [2.05, 4.69) is 34.6 Å². The van der Waals surface area contributed by atoms with Gasteiger partial charge < -0.3 is 4.74 Å². The minimum absolute atomic E-state index is 0.0195.